The van der Waals surface area contributed by atoms with E-state index in [9.17, 15) is 9.59 Å². The molecule has 0 spiro atoms. The van der Waals surface area contributed by atoms with Gasteiger partial charge in [0.2, 0.25) is 8.05 Å². The first kappa shape index (κ1) is 26.3. The zero-order chi connectivity index (χ0) is 19.1. The molecule has 0 aliphatic carbocycles. The molecule has 0 aliphatic rings. The number of hydrogen-bond donors (Lipinski definition) is 2. The second kappa shape index (κ2) is 16.3. The lowest BCUT2D eigenvalue weighted by Gasteiger charge is -2.12. The van der Waals surface area contributed by atoms with Crippen LogP contribution >= 0.6 is 79.6 Å². The van der Waals surface area contributed by atoms with Gasteiger partial charge in [0.1, 0.15) is 3.74 Å². The third-order valence-electron chi connectivity index (χ3n) is 3.64. The summed E-state index contributed by atoms with van der Waals surface area (Å²) < 4.78 is -1.13. The second-order valence-corrected chi connectivity index (χ2v) is 15.7. The Bertz CT molecular complexity index is 376. The molecule has 25 heavy (non-hydrogen) atoms. The van der Waals surface area contributed by atoms with E-state index in [0.29, 0.717) is 6.54 Å². The molecule has 0 bridgehead atoms. The van der Waals surface area contributed by atoms with E-state index >= 15 is 0 Å². The lowest BCUT2D eigenvalue weighted by Crippen LogP contribution is -2.34. The first-order chi connectivity index (χ1) is 11.7. The fourth-order valence-electron chi connectivity index (χ4n) is 2.26. The van der Waals surface area contributed by atoms with E-state index in [4.69, 9.17) is 0 Å². The van der Waals surface area contributed by atoms with Crippen molar-refractivity contribution in [1.29, 1.82) is 0 Å². The van der Waals surface area contributed by atoms with E-state index in [1.165, 1.54) is 44.9 Å². The highest BCUT2D eigenvalue weighted by Crippen LogP contribution is 2.33. The van der Waals surface area contributed by atoms with Crippen LogP contribution in [0, 0.1) is 0 Å². The highest BCUT2D eigenvalue weighted by atomic mass is 80.0. The van der Waals surface area contributed by atoms with Crippen LogP contribution in [0.5, 0.6) is 0 Å². The molecule has 4 nitrogen and oxygen atoms in total. The quantitative estimate of drug-likeness (QED) is 0.173. The van der Waals surface area contributed by atoms with Crippen LogP contribution in [0.25, 0.3) is 0 Å². The summed E-state index contributed by atoms with van der Waals surface area (Å²) in [6.45, 7) is 1.47. The lowest BCUT2D eigenvalue weighted by molar-refractivity contribution is -0.120. The summed E-state index contributed by atoms with van der Waals surface area (Å²) in [5.41, 5.74) is 0. The second-order valence-electron chi connectivity index (χ2n) is 5.88. The molecule has 2 amide bonds. The highest BCUT2D eigenvalue weighted by molar-refractivity contribution is 9.40. The zero-order valence-electron chi connectivity index (χ0n) is 14.3. The Labute approximate surface area is 193 Å². The van der Waals surface area contributed by atoms with Crippen molar-refractivity contribution in [2.24, 2.45) is 0 Å². The molecule has 148 valence electrons. The van der Waals surface area contributed by atoms with Crippen molar-refractivity contribution in [3.63, 3.8) is 0 Å². The predicted octanol–water partition coefficient (Wildman–Crippen LogP) is 6.07. The number of carbonyl (C=O) groups excluding carboxylic acids is 2. The minimum absolute atomic E-state index is 0.00882. The molecule has 0 fully saturated rings. The van der Waals surface area contributed by atoms with E-state index in [1.54, 1.807) is 0 Å². The van der Waals surface area contributed by atoms with Crippen molar-refractivity contribution in [1.82, 2.24) is 10.6 Å². The van der Waals surface area contributed by atoms with Gasteiger partial charge in [-0.05, 0) is 60.6 Å². The van der Waals surface area contributed by atoms with Crippen molar-refractivity contribution in [3.8, 4) is 0 Å². The SMILES string of the molecule is O=C(NCCCCCCCCCCCCNC(=O)C(Br)(Br)Br)C(Br)Br. The van der Waals surface area contributed by atoms with E-state index in [1.807, 2.05) is 0 Å². The molecule has 0 unspecified atom stereocenters. The van der Waals surface area contributed by atoms with E-state index in [2.05, 4.69) is 90.3 Å². The van der Waals surface area contributed by atoms with Crippen LogP contribution < -0.4 is 10.6 Å². The van der Waals surface area contributed by atoms with Crippen molar-refractivity contribution < 1.29 is 9.59 Å². The van der Waals surface area contributed by atoms with Crippen LogP contribution in [0.1, 0.15) is 64.2 Å². The van der Waals surface area contributed by atoms with Crippen LogP contribution in [0.4, 0.5) is 0 Å². The fraction of sp³-hybridized carbons (Fsp3) is 0.875. The number of amides is 2. The third-order valence-corrected chi connectivity index (χ3v) is 5.56. The monoisotopic (exact) mass is 674 g/mol. The van der Waals surface area contributed by atoms with Crippen LogP contribution in [0.2, 0.25) is 0 Å². The molecule has 0 aromatic heterocycles. The van der Waals surface area contributed by atoms with Gasteiger partial charge in [-0.2, -0.15) is 0 Å². The number of rotatable bonds is 14. The smallest absolute Gasteiger partial charge is 0.258 e. The number of hydrogen-bond acceptors (Lipinski definition) is 2. The van der Waals surface area contributed by atoms with Gasteiger partial charge < -0.3 is 10.6 Å². The Balaban J connectivity index is 3.22. The van der Waals surface area contributed by atoms with Crippen LogP contribution in [-0.4, -0.2) is 30.8 Å². The number of unbranched alkanes of at least 4 members (excludes halogenated alkanes) is 9. The van der Waals surface area contributed by atoms with E-state index in [0.717, 1.165) is 25.8 Å². The molecule has 0 radical (unpaired) electrons. The molecule has 0 aromatic carbocycles. The number of alkyl halides is 5. The Morgan fingerprint density at radius 3 is 1.40 bits per heavy atom. The summed E-state index contributed by atoms with van der Waals surface area (Å²) in [4.78, 5) is 22.8. The summed E-state index contributed by atoms with van der Waals surface area (Å²) in [6, 6.07) is 0. The predicted molar refractivity (Wildman–Crippen MR) is 123 cm³/mol. The molecule has 0 saturated carbocycles. The van der Waals surface area contributed by atoms with Gasteiger partial charge in [0, 0.05) is 13.1 Å². The van der Waals surface area contributed by atoms with Gasteiger partial charge in [0.25, 0.3) is 5.91 Å². The van der Waals surface area contributed by atoms with Gasteiger partial charge in [-0.1, -0.05) is 83.2 Å². The topological polar surface area (TPSA) is 58.2 Å². The highest BCUT2D eigenvalue weighted by Gasteiger charge is 2.27. The molecule has 0 rings (SSSR count). The van der Waals surface area contributed by atoms with E-state index in [-0.39, 0.29) is 15.6 Å². The molecule has 9 heteroatoms. The largest absolute Gasteiger partial charge is 0.354 e. The number of halogens is 5. The Hall–Kier alpha value is 1.34. The standard InChI is InChI=1S/C16H27Br5N2O2/c17-13(18)14(24)22-11-9-7-5-3-1-2-4-6-8-10-12-23-15(25)16(19,20)21/h13H,1-12H2,(H,22,24)(H,23,25). The molecular weight excluding hydrogens is 652 g/mol. The van der Waals surface area contributed by atoms with Crippen molar-refractivity contribution in [3.05, 3.63) is 0 Å². The summed E-state index contributed by atoms with van der Waals surface area (Å²) in [5, 5.41) is 5.73. The fourth-order valence-corrected chi connectivity index (χ4v) is 3.00. The van der Waals surface area contributed by atoms with E-state index < -0.39 is 2.14 Å². The molecule has 0 saturated heterocycles. The maximum atomic E-state index is 11.6. The van der Waals surface area contributed by atoms with Gasteiger partial charge in [-0.25, -0.2) is 0 Å². The Kier molecular flexibility index (Phi) is 17.2. The molecule has 0 aliphatic heterocycles. The summed E-state index contributed by atoms with van der Waals surface area (Å²) >= 11 is 15.9. The number of nitrogens with one attached hydrogen (secondary N) is 2. The van der Waals surface area contributed by atoms with Crippen LogP contribution in [0.3, 0.4) is 0 Å². The molecule has 2 N–H and O–H groups in total. The van der Waals surface area contributed by atoms with Crippen molar-refractivity contribution in [2.45, 2.75) is 70.1 Å². The number of carbonyl (C=O) groups is 2. The minimum Gasteiger partial charge on any atom is -0.354 e. The Morgan fingerprint density at radius 1 is 0.680 bits per heavy atom. The average Bonchev–Trinajstić information content (AvgIpc) is 2.53. The average molecular weight is 679 g/mol. The normalized spacial score (nSPS) is 11.6. The van der Waals surface area contributed by atoms with Gasteiger partial charge in [0.15, 0.2) is 0 Å². The maximum absolute atomic E-state index is 11.6. The summed E-state index contributed by atoms with van der Waals surface area (Å²) in [6.07, 6.45) is 12.0. The van der Waals surface area contributed by atoms with Crippen LogP contribution in [0.15, 0.2) is 0 Å². The lowest BCUT2D eigenvalue weighted by atomic mass is 10.1. The first-order valence-corrected chi connectivity index (χ1v) is 12.9. The summed E-state index contributed by atoms with van der Waals surface area (Å²) in [5.74, 6) is -0.114. The maximum Gasteiger partial charge on any atom is 0.258 e. The zero-order valence-corrected chi connectivity index (χ0v) is 22.2. The Morgan fingerprint density at radius 2 is 1.04 bits per heavy atom. The van der Waals surface area contributed by atoms with Gasteiger partial charge in [0.05, 0.1) is 0 Å². The molecular formula is C16H27Br5N2O2. The van der Waals surface area contributed by atoms with Crippen molar-refractivity contribution in [2.75, 3.05) is 13.1 Å². The van der Waals surface area contributed by atoms with Gasteiger partial charge in [-0.3, -0.25) is 9.59 Å². The van der Waals surface area contributed by atoms with Gasteiger partial charge >= 0.3 is 0 Å². The third kappa shape index (κ3) is 17.2. The van der Waals surface area contributed by atoms with Gasteiger partial charge in [-0.15, -0.1) is 0 Å². The first-order valence-electron chi connectivity index (χ1n) is 8.66. The molecule has 0 aromatic rings. The molecule has 0 heterocycles. The molecule has 0 atom stereocenters. The van der Waals surface area contributed by atoms with Crippen molar-refractivity contribution >= 4 is 91.5 Å². The minimum atomic E-state index is -0.844. The van der Waals surface area contributed by atoms with Crippen LogP contribution in [-0.2, 0) is 9.59 Å². The summed E-state index contributed by atoms with van der Waals surface area (Å²) in [7, 11) is 0.